The summed E-state index contributed by atoms with van der Waals surface area (Å²) in [5.41, 5.74) is 2.80. The van der Waals surface area contributed by atoms with E-state index in [1.165, 1.54) is 6.92 Å². The number of aliphatic carboxylic acids is 1. The van der Waals surface area contributed by atoms with Gasteiger partial charge in [-0.1, -0.05) is 0 Å². The number of hydrogen-bond donors (Lipinski definition) is 2. The highest BCUT2D eigenvalue weighted by molar-refractivity contribution is 5.92. The van der Waals surface area contributed by atoms with Gasteiger partial charge in [-0.15, -0.1) is 0 Å². The largest absolute Gasteiger partial charge is 0.493 e. The lowest BCUT2D eigenvalue weighted by Crippen LogP contribution is -2.07. The molecular weight excluding hydrogens is 464 g/mol. The number of fused-ring (bicyclic) bond motifs is 1. The first-order valence-corrected chi connectivity index (χ1v) is 11.5. The van der Waals surface area contributed by atoms with E-state index in [-0.39, 0.29) is 11.5 Å². The first kappa shape index (κ1) is 24.8. The highest BCUT2D eigenvalue weighted by Gasteiger charge is 2.19. The number of carboxylic acid groups (broad SMARTS) is 1. The molecule has 4 rings (SSSR count). The lowest BCUT2D eigenvalue weighted by molar-refractivity contribution is -0.138. The monoisotopic (exact) mass is 492 g/mol. The molecule has 2 aromatic carbocycles. The van der Waals surface area contributed by atoms with Gasteiger partial charge in [-0.05, 0) is 55.8 Å². The normalized spacial score (nSPS) is 11.9. The van der Waals surface area contributed by atoms with Gasteiger partial charge in [0.15, 0.2) is 23.0 Å². The number of hydrogen-bond acceptors (Lipinski definition) is 7. The fourth-order valence-electron chi connectivity index (χ4n) is 3.90. The zero-order chi connectivity index (χ0) is 25.8. The van der Waals surface area contributed by atoms with Crippen molar-refractivity contribution in [2.75, 3.05) is 20.3 Å². The molecule has 1 atom stereocenters. The van der Waals surface area contributed by atoms with Gasteiger partial charge in [0.1, 0.15) is 5.75 Å². The van der Waals surface area contributed by atoms with E-state index in [0.29, 0.717) is 54.0 Å². The summed E-state index contributed by atoms with van der Waals surface area (Å²) < 4.78 is 22.8. The van der Waals surface area contributed by atoms with E-state index in [4.69, 9.17) is 18.6 Å². The molecule has 0 aliphatic heterocycles. The van der Waals surface area contributed by atoms with Crippen LogP contribution in [-0.4, -0.2) is 47.2 Å². The van der Waals surface area contributed by atoms with Crippen LogP contribution in [0.1, 0.15) is 48.0 Å². The Morgan fingerprint density at radius 1 is 1.11 bits per heavy atom. The molecule has 0 amide bonds. The van der Waals surface area contributed by atoms with Crippen LogP contribution in [0.5, 0.6) is 17.2 Å². The Morgan fingerprint density at radius 2 is 1.89 bits per heavy atom. The molecule has 0 bridgehead atoms. The number of aromatic amines is 1. The van der Waals surface area contributed by atoms with Crippen LogP contribution in [0.25, 0.3) is 22.4 Å². The van der Waals surface area contributed by atoms with Gasteiger partial charge in [-0.3, -0.25) is 9.59 Å². The number of ketones is 1. The highest BCUT2D eigenvalue weighted by atomic mass is 16.5. The van der Waals surface area contributed by atoms with Crippen LogP contribution in [0.3, 0.4) is 0 Å². The summed E-state index contributed by atoms with van der Waals surface area (Å²) in [6.45, 7) is 5.65. The number of nitrogens with one attached hydrogen (secondary N) is 1. The number of aromatic nitrogens is 2. The maximum Gasteiger partial charge on any atom is 0.310 e. The molecule has 188 valence electrons. The molecule has 2 heterocycles. The van der Waals surface area contributed by atoms with Crippen molar-refractivity contribution >= 4 is 22.7 Å². The van der Waals surface area contributed by atoms with Crippen molar-refractivity contribution < 1.29 is 33.3 Å². The second-order valence-electron chi connectivity index (χ2n) is 8.42. The van der Waals surface area contributed by atoms with Gasteiger partial charge in [-0.25, -0.2) is 4.98 Å². The van der Waals surface area contributed by atoms with Crippen LogP contribution in [0.4, 0.5) is 0 Å². The van der Waals surface area contributed by atoms with Crippen molar-refractivity contribution in [2.45, 2.75) is 33.1 Å². The fourth-order valence-corrected chi connectivity index (χ4v) is 3.90. The SMILES string of the molecule is COc1cc(-c2nc(C)c(C(C)=O)o2)ccc1OCCCOc1ccc2[nH]cc(C(C)C(=O)O)c2c1. The van der Waals surface area contributed by atoms with Crippen molar-refractivity contribution in [1.82, 2.24) is 9.97 Å². The third-order valence-electron chi connectivity index (χ3n) is 5.86. The molecule has 2 N–H and O–H groups in total. The molecule has 0 aliphatic carbocycles. The van der Waals surface area contributed by atoms with E-state index in [1.54, 1.807) is 45.4 Å². The first-order chi connectivity index (χ1) is 17.3. The third-order valence-corrected chi connectivity index (χ3v) is 5.86. The van der Waals surface area contributed by atoms with Crippen molar-refractivity contribution in [1.29, 1.82) is 0 Å². The third kappa shape index (κ3) is 5.19. The standard InChI is InChI=1S/C27H28N2O7/c1-15(27(31)32)21-14-28-22-8-7-19(13-20(21)22)34-10-5-11-35-23-9-6-18(12-24(23)33-4)26-29-16(2)25(36-26)17(3)30/h6-9,12-15,28H,5,10-11H2,1-4H3,(H,31,32). The molecular formula is C27H28N2O7. The Bertz CT molecular complexity index is 1400. The number of Topliss-reactive ketones (excluding diaryl/α,β-unsaturated/α-hetero) is 1. The van der Waals surface area contributed by atoms with Gasteiger partial charge in [-0.2, -0.15) is 0 Å². The lowest BCUT2D eigenvalue weighted by atomic mass is 10.0. The summed E-state index contributed by atoms with van der Waals surface area (Å²) in [5.74, 6) is 0.664. The molecule has 1 unspecified atom stereocenters. The van der Waals surface area contributed by atoms with Crippen molar-refractivity contribution in [3.05, 3.63) is 59.6 Å². The summed E-state index contributed by atoms with van der Waals surface area (Å²) in [7, 11) is 1.55. The molecule has 4 aromatic rings. The fraction of sp³-hybridized carbons (Fsp3) is 0.296. The number of oxazole rings is 1. The Balaban J connectivity index is 1.34. The molecule has 0 radical (unpaired) electrons. The highest BCUT2D eigenvalue weighted by Crippen LogP contribution is 2.33. The summed E-state index contributed by atoms with van der Waals surface area (Å²) in [6, 6.07) is 10.9. The predicted octanol–water partition coefficient (Wildman–Crippen LogP) is 5.38. The minimum Gasteiger partial charge on any atom is -0.493 e. The number of methoxy groups -OCH3 is 1. The topological polar surface area (TPSA) is 124 Å². The van der Waals surface area contributed by atoms with E-state index in [0.717, 1.165) is 16.5 Å². The second-order valence-corrected chi connectivity index (χ2v) is 8.42. The molecule has 0 saturated heterocycles. The number of aryl methyl sites for hydroxylation is 1. The van der Waals surface area contributed by atoms with Gasteiger partial charge < -0.3 is 28.7 Å². The zero-order valence-corrected chi connectivity index (χ0v) is 20.6. The Hall–Kier alpha value is -4.27. The van der Waals surface area contributed by atoms with Crippen LogP contribution in [-0.2, 0) is 4.79 Å². The van der Waals surface area contributed by atoms with Gasteiger partial charge in [0, 0.05) is 36.0 Å². The molecule has 0 saturated carbocycles. The van der Waals surface area contributed by atoms with Crippen molar-refractivity contribution in [3.63, 3.8) is 0 Å². The van der Waals surface area contributed by atoms with E-state index in [2.05, 4.69) is 9.97 Å². The maximum atomic E-state index is 11.7. The number of nitrogens with zero attached hydrogens (tertiary/aromatic N) is 1. The number of carbonyl (C=O) groups is 2. The first-order valence-electron chi connectivity index (χ1n) is 11.5. The average molecular weight is 493 g/mol. The molecule has 9 heteroatoms. The molecule has 0 spiro atoms. The minimum absolute atomic E-state index is 0.177. The van der Waals surface area contributed by atoms with Crippen molar-refractivity contribution in [2.24, 2.45) is 0 Å². The maximum absolute atomic E-state index is 11.7. The molecule has 0 aliphatic rings. The molecule has 36 heavy (non-hydrogen) atoms. The van der Waals surface area contributed by atoms with Gasteiger partial charge in [0.2, 0.25) is 5.89 Å². The Morgan fingerprint density at radius 3 is 2.58 bits per heavy atom. The smallest absolute Gasteiger partial charge is 0.310 e. The predicted molar refractivity (Wildman–Crippen MR) is 133 cm³/mol. The van der Waals surface area contributed by atoms with E-state index >= 15 is 0 Å². The quantitative estimate of drug-likeness (QED) is 0.211. The zero-order valence-electron chi connectivity index (χ0n) is 20.6. The molecule has 0 fully saturated rings. The summed E-state index contributed by atoms with van der Waals surface area (Å²) >= 11 is 0. The van der Waals surface area contributed by atoms with Gasteiger partial charge in [0.05, 0.1) is 31.9 Å². The number of carbonyl (C=O) groups excluding carboxylic acids is 1. The summed E-state index contributed by atoms with van der Waals surface area (Å²) in [4.78, 5) is 30.5. The Kier molecular flexibility index (Phi) is 7.28. The number of carboxylic acids is 1. The van der Waals surface area contributed by atoms with Crippen LogP contribution in [0, 0.1) is 6.92 Å². The summed E-state index contributed by atoms with van der Waals surface area (Å²) in [6.07, 6.45) is 2.35. The van der Waals surface area contributed by atoms with Gasteiger partial charge in [0.25, 0.3) is 0 Å². The lowest BCUT2D eigenvalue weighted by Gasteiger charge is -2.12. The van der Waals surface area contributed by atoms with Gasteiger partial charge >= 0.3 is 5.97 Å². The average Bonchev–Trinajstić information content (AvgIpc) is 3.46. The van der Waals surface area contributed by atoms with Crippen LogP contribution in [0.2, 0.25) is 0 Å². The van der Waals surface area contributed by atoms with E-state index in [1.807, 2.05) is 18.2 Å². The number of H-pyrrole nitrogens is 1. The summed E-state index contributed by atoms with van der Waals surface area (Å²) in [5, 5.41) is 10.2. The molecule has 9 nitrogen and oxygen atoms in total. The van der Waals surface area contributed by atoms with Crippen LogP contribution in [0.15, 0.2) is 47.0 Å². The number of rotatable bonds is 11. The van der Waals surface area contributed by atoms with Crippen LogP contribution >= 0.6 is 0 Å². The van der Waals surface area contributed by atoms with Crippen molar-refractivity contribution in [3.8, 4) is 28.7 Å². The minimum atomic E-state index is -0.876. The van der Waals surface area contributed by atoms with Crippen LogP contribution < -0.4 is 14.2 Å². The van der Waals surface area contributed by atoms with E-state index < -0.39 is 11.9 Å². The second kappa shape index (κ2) is 10.6. The van der Waals surface area contributed by atoms with E-state index in [9.17, 15) is 14.7 Å². The molecule has 2 aromatic heterocycles. The number of benzene rings is 2. The number of ether oxygens (including phenoxy) is 3. The Labute approximate surface area is 208 Å².